The fraction of sp³-hybridized carbons (Fsp3) is 0.0833. The smallest absolute Gasteiger partial charge is 0.328 e. The van der Waals surface area contributed by atoms with Crippen molar-refractivity contribution in [1.29, 1.82) is 5.26 Å². The predicted molar refractivity (Wildman–Crippen MR) is 59.8 cm³/mol. The van der Waals surface area contributed by atoms with Crippen LogP contribution < -0.4 is 4.74 Å². The number of benzene rings is 1. The van der Waals surface area contributed by atoms with Crippen LogP contribution in [0.2, 0.25) is 0 Å². The van der Waals surface area contributed by atoms with Crippen molar-refractivity contribution in [3.05, 3.63) is 34.9 Å². The molecule has 17 heavy (non-hydrogen) atoms. The largest absolute Gasteiger partial charge is 0.496 e. The van der Waals surface area contributed by atoms with Crippen LogP contribution in [0.4, 0.5) is 0 Å². The SMILES string of the molecule is COc1cc(C=O)cc(C#N)c1/C=C/C(=O)O. The van der Waals surface area contributed by atoms with Gasteiger partial charge >= 0.3 is 5.97 Å². The molecule has 0 aliphatic heterocycles. The Bertz CT molecular complexity index is 526. The highest BCUT2D eigenvalue weighted by molar-refractivity contribution is 5.87. The molecule has 5 heteroatoms. The van der Waals surface area contributed by atoms with Gasteiger partial charge in [0.25, 0.3) is 0 Å². The molecule has 0 fully saturated rings. The number of ether oxygens (including phenoxy) is 1. The zero-order valence-electron chi connectivity index (χ0n) is 9.01. The van der Waals surface area contributed by atoms with Gasteiger partial charge in [0.15, 0.2) is 0 Å². The Balaban J connectivity index is 3.40. The topological polar surface area (TPSA) is 87.4 Å². The number of methoxy groups -OCH3 is 1. The fourth-order valence-corrected chi connectivity index (χ4v) is 1.30. The third-order valence-electron chi connectivity index (χ3n) is 2.03. The Labute approximate surface area is 97.6 Å². The lowest BCUT2D eigenvalue weighted by Crippen LogP contribution is -1.95. The van der Waals surface area contributed by atoms with Crippen molar-refractivity contribution >= 4 is 18.3 Å². The van der Waals surface area contributed by atoms with Gasteiger partial charge in [-0.05, 0) is 18.2 Å². The molecule has 86 valence electrons. The predicted octanol–water partition coefficient (Wildman–Crippen LogP) is 1.48. The monoisotopic (exact) mass is 231 g/mol. The number of carbonyl (C=O) groups excluding carboxylic acids is 1. The van der Waals surface area contributed by atoms with Crippen LogP contribution in [0.25, 0.3) is 6.08 Å². The summed E-state index contributed by atoms with van der Waals surface area (Å²) in [7, 11) is 1.38. The molecule has 1 aromatic carbocycles. The number of nitrogens with zero attached hydrogens (tertiary/aromatic N) is 1. The van der Waals surface area contributed by atoms with E-state index >= 15 is 0 Å². The second-order valence-corrected chi connectivity index (χ2v) is 3.09. The van der Waals surface area contributed by atoms with Crippen molar-refractivity contribution < 1.29 is 19.4 Å². The van der Waals surface area contributed by atoms with Gasteiger partial charge in [-0.1, -0.05) is 0 Å². The molecular formula is C12H9NO4. The summed E-state index contributed by atoms with van der Waals surface area (Å²) in [6.45, 7) is 0. The third-order valence-corrected chi connectivity index (χ3v) is 2.03. The average molecular weight is 231 g/mol. The number of nitriles is 1. The maximum Gasteiger partial charge on any atom is 0.328 e. The molecule has 0 radical (unpaired) electrons. The van der Waals surface area contributed by atoms with Gasteiger partial charge in [0.05, 0.1) is 18.7 Å². The first-order valence-corrected chi connectivity index (χ1v) is 4.60. The van der Waals surface area contributed by atoms with Crippen molar-refractivity contribution in [2.75, 3.05) is 7.11 Å². The van der Waals surface area contributed by atoms with E-state index in [1.165, 1.54) is 25.3 Å². The van der Waals surface area contributed by atoms with Crippen LogP contribution in [-0.4, -0.2) is 24.5 Å². The molecule has 0 aliphatic carbocycles. The maximum absolute atomic E-state index is 10.6. The van der Waals surface area contributed by atoms with Crippen LogP contribution in [0, 0.1) is 11.3 Å². The van der Waals surface area contributed by atoms with Gasteiger partial charge in [-0.15, -0.1) is 0 Å². The van der Waals surface area contributed by atoms with E-state index in [9.17, 15) is 9.59 Å². The Kier molecular flexibility index (Phi) is 4.01. The van der Waals surface area contributed by atoms with Gasteiger partial charge in [-0.2, -0.15) is 5.26 Å². The number of rotatable bonds is 4. The molecule has 1 rings (SSSR count). The summed E-state index contributed by atoms with van der Waals surface area (Å²) in [6.07, 6.45) is 2.75. The maximum atomic E-state index is 10.6. The first-order valence-electron chi connectivity index (χ1n) is 4.60. The minimum absolute atomic E-state index is 0.184. The van der Waals surface area contributed by atoms with E-state index in [1.807, 2.05) is 6.07 Å². The Morgan fingerprint density at radius 2 is 2.24 bits per heavy atom. The lowest BCUT2D eigenvalue weighted by atomic mass is 10.0. The minimum atomic E-state index is -1.13. The van der Waals surface area contributed by atoms with Crippen LogP contribution in [-0.2, 0) is 4.79 Å². The summed E-state index contributed by atoms with van der Waals surface area (Å²) in [5.41, 5.74) is 0.817. The summed E-state index contributed by atoms with van der Waals surface area (Å²) >= 11 is 0. The number of aliphatic carboxylic acids is 1. The van der Waals surface area contributed by atoms with Gasteiger partial charge in [0.2, 0.25) is 0 Å². The molecule has 0 unspecified atom stereocenters. The molecule has 0 bridgehead atoms. The van der Waals surface area contributed by atoms with E-state index < -0.39 is 5.97 Å². The lowest BCUT2D eigenvalue weighted by Gasteiger charge is -2.07. The minimum Gasteiger partial charge on any atom is -0.496 e. The summed E-state index contributed by atoms with van der Waals surface area (Å²) < 4.78 is 5.01. The standard InChI is InChI=1S/C12H9NO4/c1-17-11-5-8(7-14)4-9(6-13)10(11)2-3-12(15)16/h2-5,7H,1H3,(H,15,16)/b3-2+. The van der Waals surface area contributed by atoms with E-state index in [0.717, 1.165) is 6.08 Å². The van der Waals surface area contributed by atoms with E-state index in [4.69, 9.17) is 15.1 Å². The Hall–Kier alpha value is -2.61. The second-order valence-electron chi connectivity index (χ2n) is 3.09. The average Bonchev–Trinajstić information content (AvgIpc) is 2.34. The van der Waals surface area contributed by atoms with Crippen LogP contribution in [0.3, 0.4) is 0 Å². The summed E-state index contributed by atoms with van der Waals surface area (Å²) in [5, 5.41) is 17.5. The highest BCUT2D eigenvalue weighted by atomic mass is 16.5. The second kappa shape index (κ2) is 5.47. The molecule has 0 aliphatic rings. The van der Waals surface area contributed by atoms with Crippen molar-refractivity contribution in [3.63, 3.8) is 0 Å². The van der Waals surface area contributed by atoms with Crippen molar-refractivity contribution in [2.24, 2.45) is 0 Å². The number of hydrogen-bond acceptors (Lipinski definition) is 4. The molecule has 0 saturated heterocycles. The molecule has 0 spiro atoms. The first kappa shape index (κ1) is 12.5. The molecule has 0 amide bonds. The molecule has 1 aromatic rings. The molecular weight excluding hydrogens is 222 g/mol. The zero-order valence-corrected chi connectivity index (χ0v) is 9.01. The summed E-state index contributed by atoms with van der Waals surface area (Å²) in [6, 6.07) is 4.70. The molecule has 0 heterocycles. The van der Waals surface area contributed by atoms with Gasteiger partial charge in [0.1, 0.15) is 12.0 Å². The number of carboxylic acid groups (broad SMARTS) is 1. The van der Waals surface area contributed by atoms with E-state index in [-0.39, 0.29) is 11.3 Å². The zero-order chi connectivity index (χ0) is 12.8. The van der Waals surface area contributed by atoms with E-state index in [2.05, 4.69) is 0 Å². The van der Waals surface area contributed by atoms with Gasteiger partial charge in [-0.25, -0.2) is 4.79 Å². The van der Waals surface area contributed by atoms with Crippen molar-refractivity contribution in [1.82, 2.24) is 0 Å². The fourth-order valence-electron chi connectivity index (χ4n) is 1.30. The van der Waals surface area contributed by atoms with Crippen LogP contribution >= 0.6 is 0 Å². The van der Waals surface area contributed by atoms with Crippen molar-refractivity contribution in [3.8, 4) is 11.8 Å². The Morgan fingerprint density at radius 1 is 1.53 bits per heavy atom. The molecule has 0 atom stereocenters. The van der Waals surface area contributed by atoms with Gasteiger partial charge < -0.3 is 9.84 Å². The number of carboxylic acids is 1. The third kappa shape index (κ3) is 2.92. The highest BCUT2D eigenvalue weighted by Crippen LogP contribution is 2.25. The molecule has 0 saturated carbocycles. The molecule has 5 nitrogen and oxygen atoms in total. The number of aldehydes is 1. The molecule has 0 aromatic heterocycles. The van der Waals surface area contributed by atoms with Crippen LogP contribution in [0.15, 0.2) is 18.2 Å². The number of hydrogen-bond donors (Lipinski definition) is 1. The van der Waals surface area contributed by atoms with Gasteiger partial charge in [-0.3, -0.25) is 4.79 Å². The summed E-state index contributed by atoms with van der Waals surface area (Å²) in [4.78, 5) is 21.1. The van der Waals surface area contributed by atoms with Crippen molar-refractivity contribution in [2.45, 2.75) is 0 Å². The quantitative estimate of drug-likeness (QED) is 0.626. The first-order chi connectivity index (χ1) is 8.12. The summed E-state index contributed by atoms with van der Waals surface area (Å²) in [5.74, 6) is -0.848. The number of carbonyl (C=O) groups is 2. The Morgan fingerprint density at radius 3 is 2.71 bits per heavy atom. The van der Waals surface area contributed by atoms with Crippen LogP contribution in [0.5, 0.6) is 5.75 Å². The highest BCUT2D eigenvalue weighted by Gasteiger charge is 2.09. The normalized spacial score (nSPS) is 9.88. The van der Waals surface area contributed by atoms with E-state index in [0.29, 0.717) is 17.4 Å². The van der Waals surface area contributed by atoms with Crippen LogP contribution in [0.1, 0.15) is 21.5 Å². The lowest BCUT2D eigenvalue weighted by molar-refractivity contribution is -0.131. The van der Waals surface area contributed by atoms with Gasteiger partial charge in [0, 0.05) is 17.2 Å². The van der Waals surface area contributed by atoms with E-state index in [1.54, 1.807) is 0 Å². The molecule has 1 N–H and O–H groups in total.